The maximum atomic E-state index is 12.7. The van der Waals surface area contributed by atoms with Gasteiger partial charge in [-0.2, -0.15) is 10.2 Å². The second-order valence-corrected chi connectivity index (χ2v) is 9.93. The van der Waals surface area contributed by atoms with Crippen molar-refractivity contribution in [2.45, 2.75) is 11.8 Å². The summed E-state index contributed by atoms with van der Waals surface area (Å²) in [6, 6.07) is 18.7. The van der Waals surface area contributed by atoms with E-state index < -0.39 is 20.6 Å². The lowest BCUT2D eigenvalue weighted by Gasteiger charge is -2.09. The molecule has 184 valence electrons. The summed E-state index contributed by atoms with van der Waals surface area (Å²) in [5, 5.41) is 20.9. The second kappa shape index (κ2) is 10.4. The number of hydrogen-bond acceptors (Lipinski definition) is 7. The zero-order valence-corrected chi connectivity index (χ0v) is 20.9. The fourth-order valence-corrected chi connectivity index (χ4v) is 4.75. The predicted molar refractivity (Wildman–Crippen MR) is 140 cm³/mol. The van der Waals surface area contributed by atoms with Crippen LogP contribution in [-0.2, 0) is 10.0 Å². The summed E-state index contributed by atoms with van der Waals surface area (Å²) in [6.45, 7) is 1.75. The Morgan fingerprint density at radius 1 is 1.06 bits per heavy atom. The van der Waals surface area contributed by atoms with Gasteiger partial charge < -0.3 is 0 Å². The number of hydrogen-bond donors (Lipinski definition) is 2. The summed E-state index contributed by atoms with van der Waals surface area (Å²) in [7, 11) is -4.09. The van der Waals surface area contributed by atoms with E-state index in [-0.39, 0.29) is 16.3 Å². The molecule has 0 spiro atoms. The number of sulfonamides is 1. The molecule has 0 saturated heterocycles. The van der Waals surface area contributed by atoms with Gasteiger partial charge >= 0.3 is 0 Å². The first-order chi connectivity index (χ1) is 17.2. The topological polar surface area (TPSA) is 132 Å². The molecule has 0 radical (unpaired) electrons. The molecule has 0 aliphatic rings. The van der Waals surface area contributed by atoms with Crippen molar-refractivity contribution in [1.29, 1.82) is 0 Å². The maximum absolute atomic E-state index is 12.7. The van der Waals surface area contributed by atoms with Crippen molar-refractivity contribution in [1.82, 2.24) is 9.78 Å². The highest BCUT2D eigenvalue weighted by Gasteiger charge is 2.22. The first-order valence-corrected chi connectivity index (χ1v) is 12.6. The molecular weight excluding hydrogens is 527 g/mol. The van der Waals surface area contributed by atoms with E-state index in [4.69, 9.17) is 23.2 Å². The molecule has 0 bridgehead atoms. The standard InChI is InChI=1S/C23H18Cl2N6O4S/c1-15-20(23(25)30(28-15)18-5-3-2-4-6-18)14-26-27-21-12-11-19(13-22(21)31(32)33)36(34,35)29-17-9-7-16(24)8-10-17/h2-14,27,29H,1H3/b26-14+. The van der Waals surface area contributed by atoms with Gasteiger partial charge in [-0.1, -0.05) is 41.4 Å². The Bertz CT molecular complexity index is 1560. The van der Waals surface area contributed by atoms with Gasteiger partial charge in [0.05, 0.1) is 33.0 Å². The van der Waals surface area contributed by atoms with E-state index in [9.17, 15) is 18.5 Å². The molecule has 0 aliphatic heterocycles. The zero-order chi connectivity index (χ0) is 25.9. The normalized spacial score (nSPS) is 11.5. The van der Waals surface area contributed by atoms with Gasteiger partial charge in [-0.25, -0.2) is 13.1 Å². The number of nitrogens with one attached hydrogen (secondary N) is 2. The van der Waals surface area contributed by atoms with Gasteiger partial charge in [0.25, 0.3) is 15.7 Å². The quantitative estimate of drug-likeness (QED) is 0.167. The number of aromatic nitrogens is 2. The highest BCUT2D eigenvalue weighted by atomic mass is 35.5. The molecular formula is C23H18Cl2N6O4S. The molecule has 0 amide bonds. The van der Waals surface area contributed by atoms with E-state index in [1.807, 2.05) is 30.3 Å². The van der Waals surface area contributed by atoms with Crippen molar-refractivity contribution in [3.63, 3.8) is 0 Å². The molecule has 2 N–H and O–H groups in total. The van der Waals surface area contributed by atoms with E-state index in [2.05, 4.69) is 20.3 Å². The smallest absolute Gasteiger partial charge is 0.280 e. The summed E-state index contributed by atoms with van der Waals surface area (Å²) in [6.07, 6.45) is 1.39. The van der Waals surface area contributed by atoms with Crippen LogP contribution in [0.25, 0.3) is 5.69 Å². The van der Waals surface area contributed by atoms with Crippen molar-refractivity contribution in [2.24, 2.45) is 5.10 Å². The van der Waals surface area contributed by atoms with Crippen molar-refractivity contribution in [3.8, 4) is 5.69 Å². The van der Waals surface area contributed by atoms with Gasteiger partial charge in [-0.3, -0.25) is 20.3 Å². The summed E-state index contributed by atoms with van der Waals surface area (Å²) in [4.78, 5) is 10.7. The van der Waals surface area contributed by atoms with Crippen LogP contribution in [0, 0.1) is 17.0 Å². The highest BCUT2D eigenvalue weighted by Crippen LogP contribution is 2.29. The van der Waals surface area contributed by atoms with Crippen LogP contribution in [0.4, 0.5) is 17.1 Å². The molecule has 0 atom stereocenters. The maximum Gasteiger partial charge on any atom is 0.295 e. The molecule has 3 aromatic carbocycles. The van der Waals surface area contributed by atoms with Gasteiger partial charge in [0.15, 0.2) is 0 Å². The molecule has 0 fully saturated rings. The summed E-state index contributed by atoms with van der Waals surface area (Å²) < 4.78 is 29.4. The third-order valence-electron chi connectivity index (χ3n) is 5.00. The van der Waals surface area contributed by atoms with Crippen molar-refractivity contribution in [2.75, 3.05) is 10.1 Å². The SMILES string of the molecule is Cc1nn(-c2ccccc2)c(Cl)c1/C=N/Nc1ccc(S(=O)(=O)Nc2ccc(Cl)cc2)cc1[N+](=O)[O-]. The number of nitrogens with zero attached hydrogens (tertiary/aromatic N) is 4. The lowest BCUT2D eigenvalue weighted by molar-refractivity contribution is -0.384. The molecule has 1 aromatic heterocycles. The van der Waals surface area contributed by atoms with Crippen LogP contribution >= 0.6 is 23.2 Å². The van der Waals surface area contributed by atoms with E-state index in [0.29, 0.717) is 21.4 Å². The molecule has 0 saturated carbocycles. The molecule has 13 heteroatoms. The number of aryl methyl sites for hydroxylation is 1. The monoisotopic (exact) mass is 544 g/mol. The van der Waals surface area contributed by atoms with Gasteiger partial charge in [0, 0.05) is 16.8 Å². The number of halogens is 2. The number of anilines is 2. The highest BCUT2D eigenvalue weighted by molar-refractivity contribution is 7.92. The molecule has 4 rings (SSSR count). The van der Waals surface area contributed by atoms with Crippen LogP contribution in [0.15, 0.2) is 82.8 Å². The molecule has 10 nitrogen and oxygen atoms in total. The van der Waals surface area contributed by atoms with Crippen LogP contribution in [0.1, 0.15) is 11.3 Å². The van der Waals surface area contributed by atoms with E-state index in [1.165, 1.54) is 42.6 Å². The predicted octanol–water partition coefficient (Wildman–Crippen LogP) is 5.64. The number of rotatable bonds is 8. The van der Waals surface area contributed by atoms with Crippen molar-refractivity contribution >= 4 is 56.5 Å². The lowest BCUT2D eigenvalue weighted by atomic mass is 10.3. The third-order valence-corrected chi connectivity index (χ3v) is 6.99. The fourth-order valence-electron chi connectivity index (χ4n) is 3.22. The summed E-state index contributed by atoms with van der Waals surface area (Å²) >= 11 is 12.3. The Morgan fingerprint density at radius 2 is 1.75 bits per heavy atom. The minimum Gasteiger partial charge on any atom is -0.280 e. The van der Waals surface area contributed by atoms with Gasteiger partial charge in [-0.05, 0) is 55.5 Å². The van der Waals surface area contributed by atoms with Crippen LogP contribution in [0.3, 0.4) is 0 Å². The second-order valence-electron chi connectivity index (χ2n) is 7.46. The minimum absolute atomic E-state index is 0.00841. The van der Waals surface area contributed by atoms with Crippen LogP contribution < -0.4 is 10.1 Å². The number of nitro groups is 1. The van der Waals surface area contributed by atoms with Crippen LogP contribution in [0.2, 0.25) is 10.2 Å². The Morgan fingerprint density at radius 3 is 2.42 bits per heavy atom. The first kappa shape index (κ1) is 25.2. The van der Waals surface area contributed by atoms with Gasteiger partial charge in [0.1, 0.15) is 10.8 Å². The number of benzene rings is 3. The van der Waals surface area contributed by atoms with E-state index in [1.54, 1.807) is 11.6 Å². The molecule has 0 aliphatic carbocycles. The average Bonchev–Trinajstić information content (AvgIpc) is 3.14. The van der Waals surface area contributed by atoms with Crippen LogP contribution in [0.5, 0.6) is 0 Å². The molecule has 0 unspecified atom stereocenters. The summed E-state index contributed by atoms with van der Waals surface area (Å²) in [5.74, 6) is 0. The Hall–Kier alpha value is -3.93. The third kappa shape index (κ3) is 5.48. The van der Waals surface area contributed by atoms with Crippen LogP contribution in [-0.4, -0.2) is 29.3 Å². The number of nitro benzene ring substituents is 1. The molecule has 36 heavy (non-hydrogen) atoms. The van der Waals surface area contributed by atoms with E-state index >= 15 is 0 Å². The van der Waals surface area contributed by atoms with Gasteiger partial charge in [-0.15, -0.1) is 0 Å². The number of para-hydroxylation sites is 1. The minimum atomic E-state index is -4.09. The summed E-state index contributed by atoms with van der Waals surface area (Å²) in [5.41, 5.74) is 4.23. The lowest BCUT2D eigenvalue weighted by Crippen LogP contribution is -2.13. The molecule has 1 heterocycles. The Labute approximate surface area is 216 Å². The fraction of sp³-hybridized carbons (Fsp3) is 0.0435. The van der Waals surface area contributed by atoms with Crippen molar-refractivity contribution in [3.05, 3.63) is 104 Å². The Balaban J connectivity index is 1.57. The first-order valence-electron chi connectivity index (χ1n) is 10.3. The average molecular weight is 545 g/mol. The Kier molecular flexibility index (Phi) is 7.25. The van der Waals surface area contributed by atoms with Gasteiger partial charge in [0.2, 0.25) is 0 Å². The van der Waals surface area contributed by atoms with Crippen molar-refractivity contribution < 1.29 is 13.3 Å². The number of hydrazone groups is 1. The largest absolute Gasteiger partial charge is 0.295 e. The van der Waals surface area contributed by atoms with E-state index in [0.717, 1.165) is 11.8 Å². The zero-order valence-electron chi connectivity index (χ0n) is 18.6. The molecule has 4 aromatic rings.